The highest BCUT2D eigenvalue weighted by molar-refractivity contribution is 9.18. The molecule has 0 aliphatic carbocycles. The van der Waals surface area contributed by atoms with Gasteiger partial charge in [-0.1, -0.05) is 38.1 Å². The van der Waals surface area contributed by atoms with Crippen LogP contribution < -0.4 is 0 Å². The second-order valence-corrected chi connectivity index (χ2v) is 3.74. The van der Waals surface area contributed by atoms with Crippen molar-refractivity contribution in [3.8, 4) is 0 Å². The molecule has 0 atom stereocenters. The van der Waals surface area contributed by atoms with E-state index in [2.05, 4.69) is 29.8 Å². The van der Waals surface area contributed by atoms with Gasteiger partial charge in [0.1, 0.15) is 0 Å². The van der Waals surface area contributed by atoms with E-state index in [9.17, 15) is 4.79 Å². The van der Waals surface area contributed by atoms with Crippen molar-refractivity contribution in [1.82, 2.24) is 0 Å². The summed E-state index contributed by atoms with van der Waals surface area (Å²) in [4.78, 5) is 11.1. The first-order chi connectivity index (χ1) is 5.63. The second kappa shape index (κ2) is 3.85. The van der Waals surface area contributed by atoms with Crippen molar-refractivity contribution in [2.24, 2.45) is 0 Å². The van der Waals surface area contributed by atoms with E-state index in [1.54, 1.807) is 0 Å². The second-order valence-electron chi connectivity index (χ2n) is 3.02. The molecular weight excluding hydrogens is 216 g/mol. The minimum Gasteiger partial charge on any atom is -0.281 e. The van der Waals surface area contributed by atoms with Gasteiger partial charge in [-0.15, -0.1) is 0 Å². The minimum absolute atomic E-state index is 0.0354. The van der Waals surface area contributed by atoms with Crippen molar-refractivity contribution in [1.29, 1.82) is 0 Å². The molecule has 12 heavy (non-hydrogen) atoms. The standard InChI is InChI=1S/C10H11BrO/c1-7(2)8-5-3-4-6-9(8)10(11)12/h3-7H,1-2H3. The lowest BCUT2D eigenvalue weighted by Gasteiger charge is -2.08. The van der Waals surface area contributed by atoms with Crippen molar-refractivity contribution in [3.05, 3.63) is 35.4 Å². The van der Waals surface area contributed by atoms with Crippen LogP contribution in [0.5, 0.6) is 0 Å². The van der Waals surface area contributed by atoms with Gasteiger partial charge in [-0.2, -0.15) is 0 Å². The molecule has 0 fully saturated rings. The van der Waals surface area contributed by atoms with Crippen LogP contribution in [0, 0.1) is 0 Å². The first kappa shape index (κ1) is 9.46. The number of benzene rings is 1. The molecule has 1 aromatic carbocycles. The summed E-state index contributed by atoms with van der Waals surface area (Å²) in [5.41, 5.74) is 1.87. The van der Waals surface area contributed by atoms with Gasteiger partial charge in [0.2, 0.25) is 4.69 Å². The fraction of sp³-hybridized carbons (Fsp3) is 0.300. The molecule has 0 N–H and O–H groups in total. The van der Waals surface area contributed by atoms with Crippen molar-refractivity contribution >= 4 is 20.6 Å². The number of hydrogen-bond donors (Lipinski definition) is 0. The van der Waals surface area contributed by atoms with E-state index < -0.39 is 0 Å². The van der Waals surface area contributed by atoms with Crippen LogP contribution in [0.1, 0.15) is 35.7 Å². The molecule has 0 heterocycles. The van der Waals surface area contributed by atoms with E-state index in [0.29, 0.717) is 5.92 Å². The van der Waals surface area contributed by atoms with E-state index in [1.165, 1.54) is 0 Å². The summed E-state index contributed by atoms with van der Waals surface area (Å²) < 4.78 is -0.0354. The monoisotopic (exact) mass is 226 g/mol. The molecule has 0 aromatic heterocycles. The third-order valence-electron chi connectivity index (χ3n) is 1.79. The zero-order chi connectivity index (χ0) is 9.14. The SMILES string of the molecule is CC(C)c1ccccc1C(=O)Br. The van der Waals surface area contributed by atoms with Gasteiger partial charge in [0.15, 0.2) is 0 Å². The van der Waals surface area contributed by atoms with Crippen LogP contribution in [0.15, 0.2) is 24.3 Å². The van der Waals surface area contributed by atoms with E-state index in [-0.39, 0.29) is 4.69 Å². The Bertz CT molecular complexity index is 292. The lowest BCUT2D eigenvalue weighted by molar-refractivity contribution is 0.109. The molecule has 0 aliphatic heterocycles. The average Bonchev–Trinajstić information content (AvgIpc) is 2.04. The predicted molar refractivity (Wildman–Crippen MR) is 53.8 cm³/mol. The van der Waals surface area contributed by atoms with Crippen LogP contribution in [-0.2, 0) is 0 Å². The van der Waals surface area contributed by atoms with E-state index in [1.807, 2.05) is 24.3 Å². The highest BCUT2D eigenvalue weighted by Crippen LogP contribution is 2.20. The van der Waals surface area contributed by atoms with Crippen LogP contribution in [-0.4, -0.2) is 4.69 Å². The van der Waals surface area contributed by atoms with Crippen LogP contribution in [0.4, 0.5) is 0 Å². The van der Waals surface area contributed by atoms with E-state index >= 15 is 0 Å². The van der Waals surface area contributed by atoms with Crippen molar-refractivity contribution in [3.63, 3.8) is 0 Å². The summed E-state index contributed by atoms with van der Waals surface area (Å²) in [6.45, 7) is 4.16. The fourth-order valence-corrected chi connectivity index (χ4v) is 1.54. The molecule has 0 bridgehead atoms. The number of halogens is 1. The Hall–Kier alpha value is -0.630. The summed E-state index contributed by atoms with van der Waals surface area (Å²) in [5.74, 6) is 0.391. The van der Waals surface area contributed by atoms with Crippen LogP contribution in [0.2, 0.25) is 0 Å². The average molecular weight is 227 g/mol. The van der Waals surface area contributed by atoms with Crippen molar-refractivity contribution in [2.75, 3.05) is 0 Å². The van der Waals surface area contributed by atoms with E-state index in [4.69, 9.17) is 0 Å². The molecule has 1 rings (SSSR count). The third kappa shape index (κ3) is 1.95. The Kier molecular flexibility index (Phi) is 3.04. The van der Waals surface area contributed by atoms with Crippen LogP contribution in [0.3, 0.4) is 0 Å². The van der Waals surface area contributed by atoms with Crippen molar-refractivity contribution in [2.45, 2.75) is 19.8 Å². The van der Waals surface area contributed by atoms with Crippen molar-refractivity contribution < 1.29 is 4.79 Å². The zero-order valence-electron chi connectivity index (χ0n) is 7.17. The number of carbonyl (C=O) groups excluding carboxylic acids is 1. The van der Waals surface area contributed by atoms with Gasteiger partial charge in [0.25, 0.3) is 0 Å². The van der Waals surface area contributed by atoms with Gasteiger partial charge in [-0.25, -0.2) is 0 Å². The first-order valence-corrected chi connectivity index (χ1v) is 4.71. The highest BCUT2D eigenvalue weighted by atomic mass is 79.9. The van der Waals surface area contributed by atoms with Gasteiger partial charge < -0.3 is 0 Å². The molecule has 0 saturated carbocycles. The maximum absolute atomic E-state index is 11.1. The Labute approximate surface area is 80.9 Å². The van der Waals surface area contributed by atoms with Gasteiger partial charge >= 0.3 is 0 Å². The summed E-state index contributed by atoms with van der Waals surface area (Å²) in [7, 11) is 0. The summed E-state index contributed by atoms with van der Waals surface area (Å²) >= 11 is 2.96. The minimum atomic E-state index is -0.0354. The van der Waals surface area contributed by atoms with Gasteiger partial charge in [0.05, 0.1) is 0 Å². The normalized spacial score (nSPS) is 10.3. The number of carbonyl (C=O) groups is 1. The van der Waals surface area contributed by atoms with Gasteiger partial charge in [-0.3, -0.25) is 4.79 Å². The number of rotatable bonds is 2. The Balaban J connectivity index is 3.17. The third-order valence-corrected chi connectivity index (χ3v) is 2.22. The molecule has 0 spiro atoms. The molecule has 1 aromatic rings. The lowest BCUT2D eigenvalue weighted by atomic mass is 9.98. The molecule has 0 saturated heterocycles. The molecule has 0 aliphatic rings. The molecule has 2 heteroatoms. The Morgan fingerprint density at radius 2 is 1.92 bits per heavy atom. The van der Waals surface area contributed by atoms with Crippen LogP contribution >= 0.6 is 15.9 Å². The molecule has 0 radical (unpaired) electrons. The smallest absolute Gasteiger partial charge is 0.228 e. The summed E-state index contributed by atoms with van der Waals surface area (Å²) in [6, 6.07) is 7.65. The molecular formula is C10H11BrO. The maximum atomic E-state index is 11.1. The van der Waals surface area contributed by atoms with E-state index in [0.717, 1.165) is 11.1 Å². The fourth-order valence-electron chi connectivity index (χ4n) is 1.18. The zero-order valence-corrected chi connectivity index (χ0v) is 8.76. The molecule has 64 valence electrons. The summed E-state index contributed by atoms with van der Waals surface area (Å²) in [5, 5.41) is 0. The molecule has 0 amide bonds. The molecule has 0 unspecified atom stereocenters. The Morgan fingerprint density at radius 3 is 2.33 bits per heavy atom. The van der Waals surface area contributed by atoms with Crippen LogP contribution in [0.25, 0.3) is 0 Å². The summed E-state index contributed by atoms with van der Waals surface area (Å²) in [6.07, 6.45) is 0. The van der Waals surface area contributed by atoms with Gasteiger partial charge in [0, 0.05) is 5.56 Å². The quantitative estimate of drug-likeness (QED) is 0.708. The lowest BCUT2D eigenvalue weighted by Crippen LogP contribution is -1.98. The first-order valence-electron chi connectivity index (χ1n) is 3.91. The Morgan fingerprint density at radius 1 is 1.33 bits per heavy atom. The van der Waals surface area contributed by atoms with Gasteiger partial charge in [-0.05, 0) is 27.4 Å². The highest BCUT2D eigenvalue weighted by Gasteiger charge is 2.09. The number of hydrogen-bond acceptors (Lipinski definition) is 1. The maximum Gasteiger partial charge on any atom is 0.228 e. The largest absolute Gasteiger partial charge is 0.281 e. The topological polar surface area (TPSA) is 17.1 Å². The molecule has 1 nitrogen and oxygen atoms in total. The predicted octanol–water partition coefficient (Wildman–Crippen LogP) is 3.35.